The van der Waals surface area contributed by atoms with Gasteiger partial charge in [0.2, 0.25) is 0 Å². The summed E-state index contributed by atoms with van der Waals surface area (Å²) in [7, 11) is -2.46. The van der Waals surface area contributed by atoms with Crippen LogP contribution >= 0.6 is 0 Å². The van der Waals surface area contributed by atoms with Crippen LogP contribution in [0.25, 0.3) is 0 Å². The SMILES string of the molecule is C[Si](C)(C)O[Si](C)(C)C.OC(c1ccccc1)(c1ccccc1)[C@H]1CCCN1. The zero-order chi connectivity index (χ0) is 20.8. The van der Waals surface area contributed by atoms with Crippen LogP contribution in [0.5, 0.6) is 0 Å². The number of benzene rings is 2. The molecule has 0 unspecified atom stereocenters. The van der Waals surface area contributed by atoms with Gasteiger partial charge in [0.25, 0.3) is 0 Å². The van der Waals surface area contributed by atoms with Crippen LogP contribution < -0.4 is 5.32 Å². The van der Waals surface area contributed by atoms with Gasteiger partial charge in [0.15, 0.2) is 16.6 Å². The minimum Gasteiger partial charge on any atom is -0.456 e. The van der Waals surface area contributed by atoms with Crippen LogP contribution in [0.1, 0.15) is 24.0 Å². The molecule has 1 saturated heterocycles. The van der Waals surface area contributed by atoms with Crippen molar-refractivity contribution in [2.24, 2.45) is 0 Å². The summed E-state index contributed by atoms with van der Waals surface area (Å²) in [6.45, 7) is 14.4. The van der Waals surface area contributed by atoms with Gasteiger partial charge in [-0.2, -0.15) is 0 Å². The average Bonchev–Trinajstić information content (AvgIpc) is 3.15. The molecule has 0 saturated carbocycles. The van der Waals surface area contributed by atoms with Crippen LogP contribution in [-0.4, -0.2) is 34.3 Å². The van der Waals surface area contributed by atoms with Crippen LogP contribution in [0.4, 0.5) is 0 Å². The normalized spacial score (nSPS) is 17.8. The first kappa shape index (κ1) is 23.0. The molecule has 1 atom stereocenters. The molecule has 2 aromatic rings. The van der Waals surface area contributed by atoms with E-state index in [1.54, 1.807) is 0 Å². The van der Waals surface area contributed by atoms with Crippen molar-refractivity contribution in [1.82, 2.24) is 5.32 Å². The summed E-state index contributed by atoms with van der Waals surface area (Å²) in [6, 6.07) is 20.0. The molecule has 0 aromatic heterocycles. The van der Waals surface area contributed by atoms with Crippen molar-refractivity contribution in [1.29, 1.82) is 0 Å². The summed E-state index contributed by atoms with van der Waals surface area (Å²) in [5.74, 6) is 0. The van der Waals surface area contributed by atoms with Crippen LogP contribution in [0, 0.1) is 0 Å². The molecule has 2 aromatic carbocycles. The Morgan fingerprint density at radius 1 is 0.821 bits per heavy atom. The maximum Gasteiger partial charge on any atom is 0.170 e. The highest BCUT2D eigenvalue weighted by Crippen LogP contribution is 2.36. The van der Waals surface area contributed by atoms with E-state index in [2.05, 4.69) is 44.6 Å². The molecule has 0 aliphatic carbocycles. The standard InChI is InChI=1S/C17H19NO.C6H18OSi2/c19-17(16-12-7-13-18-16,14-8-3-1-4-9-14)15-10-5-2-6-11-15;1-8(2,3)7-9(4,5)6/h1-6,8-11,16,18-19H,7,12-13H2;1-6H3/t16-;/m1./s1. The number of hydrogen-bond donors (Lipinski definition) is 2. The van der Waals surface area contributed by atoms with Gasteiger partial charge < -0.3 is 14.5 Å². The summed E-state index contributed by atoms with van der Waals surface area (Å²) in [5, 5.41) is 14.8. The number of rotatable bonds is 5. The first-order chi connectivity index (χ1) is 13.0. The Labute approximate surface area is 173 Å². The fraction of sp³-hybridized carbons (Fsp3) is 0.478. The minimum absolute atomic E-state index is 0.0808. The molecule has 3 rings (SSSR count). The van der Waals surface area contributed by atoms with E-state index in [0.29, 0.717) is 0 Å². The van der Waals surface area contributed by atoms with Gasteiger partial charge in [-0.1, -0.05) is 60.7 Å². The average molecular weight is 416 g/mol. The fourth-order valence-corrected chi connectivity index (χ4v) is 11.3. The van der Waals surface area contributed by atoms with E-state index < -0.39 is 22.2 Å². The van der Waals surface area contributed by atoms with Gasteiger partial charge >= 0.3 is 0 Å². The van der Waals surface area contributed by atoms with E-state index in [0.717, 1.165) is 30.5 Å². The van der Waals surface area contributed by atoms with E-state index in [1.165, 1.54) is 0 Å². The Morgan fingerprint density at radius 2 is 1.25 bits per heavy atom. The van der Waals surface area contributed by atoms with E-state index in [4.69, 9.17) is 4.12 Å². The predicted molar refractivity (Wildman–Crippen MR) is 125 cm³/mol. The fourth-order valence-electron chi connectivity index (χ4n) is 3.91. The van der Waals surface area contributed by atoms with Gasteiger partial charge in [-0.05, 0) is 69.8 Å². The van der Waals surface area contributed by atoms with Crippen molar-refractivity contribution in [3.63, 3.8) is 0 Å². The van der Waals surface area contributed by atoms with E-state index >= 15 is 0 Å². The Hall–Kier alpha value is -1.25. The number of hydrogen-bond acceptors (Lipinski definition) is 3. The monoisotopic (exact) mass is 415 g/mol. The molecular weight excluding hydrogens is 378 g/mol. The van der Waals surface area contributed by atoms with Crippen molar-refractivity contribution < 1.29 is 9.22 Å². The van der Waals surface area contributed by atoms with Crippen LogP contribution in [0.3, 0.4) is 0 Å². The second-order valence-electron chi connectivity index (χ2n) is 9.47. The highest BCUT2D eigenvalue weighted by molar-refractivity contribution is 6.83. The molecule has 0 spiro atoms. The van der Waals surface area contributed by atoms with Gasteiger partial charge in [0.1, 0.15) is 5.60 Å². The zero-order valence-electron chi connectivity index (χ0n) is 18.3. The summed E-state index contributed by atoms with van der Waals surface area (Å²) in [6.07, 6.45) is 2.12. The first-order valence-corrected chi connectivity index (χ1v) is 17.1. The van der Waals surface area contributed by atoms with E-state index in [9.17, 15) is 5.11 Å². The maximum absolute atomic E-state index is 11.4. The Kier molecular flexibility index (Phi) is 7.82. The Bertz CT molecular complexity index is 651. The molecule has 0 radical (unpaired) electrons. The van der Waals surface area contributed by atoms with Gasteiger partial charge in [-0.3, -0.25) is 0 Å². The molecule has 1 aliphatic heterocycles. The lowest BCUT2D eigenvalue weighted by Gasteiger charge is -2.35. The van der Waals surface area contributed by atoms with Gasteiger partial charge in [-0.15, -0.1) is 0 Å². The first-order valence-electron chi connectivity index (χ1n) is 10.3. The number of nitrogens with one attached hydrogen (secondary N) is 1. The van der Waals surface area contributed by atoms with Crippen LogP contribution in [0.2, 0.25) is 39.3 Å². The highest BCUT2D eigenvalue weighted by Gasteiger charge is 2.41. The molecule has 28 heavy (non-hydrogen) atoms. The second-order valence-corrected chi connectivity index (χ2v) is 18.7. The second kappa shape index (κ2) is 9.50. The van der Waals surface area contributed by atoms with Gasteiger partial charge in [0, 0.05) is 6.04 Å². The molecule has 1 aliphatic rings. The largest absolute Gasteiger partial charge is 0.456 e. The van der Waals surface area contributed by atoms with E-state index in [1.807, 2.05) is 60.7 Å². The molecule has 2 N–H and O–H groups in total. The quantitative estimate of drug-likeness (QED) is 0.647. The third-order valence-corrected chi connectivity index (χ3v) is 9.50. The van der Waals surface area contributed by atoms with Gasteiger partial charge in [0.05, 0.1) is 0 Å². The Balaban J connectivity index is 0.000000266. The summed E-state index contributed by atoms with van der Waals surface area (Å²) in [4.78, 5) is 0. The Morgan fingerprint density at radius 3 is 1.54 bits per heavy atom. The predicted octanol–water partition coefficient (Wildman–Crippen LogP) is 5.35. The molecule has 1 heterocycles. The van der Waals surface area contributed by atoms with Crippen molar-refractivity contribution in [3.8, 4) is 0 Å². The lowest BCUT2D eigenvalue weighted by molar-refractivity contribution is 0.0442. The molecule has 5 heteroatoms. The minimum atomic E-state index is -1.23. The van der Waals surface area contributed by atoms with Gasteiger partial charge in [-0.25, -0.2) is 0 Å². The highest BCUT2D eigenvalue weighted by atomic mass is 28.4. The van der Waals surface area contributed by atoms with Crippen molar-refractivity contribution in [2.45, 2.75) is 63.8 Å². The molecule has 154 valence electrons. The van der Waals surface area contributed by atoms with Crippen molar-refractivity contribution in [2.75, 3.05) is 6.54 Å². The van der Waals surface area contributed by atoms with Crippen LogP contribution in [-0.2, 0) is 9.72 Å². The number of aliphatic hydroxyl groups is 1. The topological polar surface area (TPSA) is 41.5 Å². The van der Waals surface area contributed by atoms with E-state index in [-0.39, 0.29) is 6.04 Å². The third kappa shape index (κ3) is 6.67. The lowest BCUT2D eigenvalue weighted by atomic mass is 9.79. The maximum atomic E-state index is 11.4. The molecule has 1 fully saturated rings. The molecule has 3 nitrogen and oxygen atoms in total. The lowest BCUT2D eigenvalue weighted by Crippen LogP contribution is -2.46. The summed E-state index contributed by atoms with van der Waals surface area (Å²) < 4.78 is 5.90. The molecular formula is C23H37NO2Si2. The summed E-state index contributed by atoms with van der Waals surface area (Å²) in [5.41, 5.74) is 0.972. The van der Waals surface area contributed by atoms with Crippen LogP contribution in [0.15, 0.2) is 60.7 Å². The summed E-state index contributed by atoms with van der Waals surface area (Å²) >= 11 is 0. The molecule has 0 bridgehead atoms. The van der Waals surface area contributed by atoms with Crippen molar-refractivity contribution in [3.05, 3.63) is 71.8 Å². The van der Waals surface area contributed by atoms with Crippen molar-refractivity contribution >= 4 is 16.6 Å². The molecule has 0 amide bonds. The zero-order valence-corrected chi connectivity index (χ0v) is 20.3. The third-order valence-electron chi connectivity index (χ3n) is 4.60. The smallest absolute Gasteiger partial charge is 0.170 e.